The number of para-hydroxylation sites is 2. The largest absolute Gasteiger partial charge is 0.397 e. The van der Waals surface area contributed by atoms with Crippen LogP contribution in [0, 0.1) is 12.7 Å². The Bertz CT molecular complexity index is 1490. The van der Waals surface area contributed by atoms with Crippen LogP contribution in [0.15, 0.2) is 72.2 Å². The number of nitrogen functional groups attached to an aromatic ring is 1. The molecule has 5 aromatic rings. The average molecular weight is 459 g/mol. The number of nitrogens with two attached hydrogens (primary N) is 1. The smallest absolute Gasteiger partial charge is 0.258 e. The van der Waals surface area contributed by atoms with E-state index in [1.807, 2.05) is 41.1 Å². The van der Waals surface area contributed by atoms with Gasteiger partial charge in [0.05, 0.1) is 28.3 Å². The van der Waals surface area contributed by atoms with Crippen LogP contribution >= 0.6 is 11.3 Å². The lowest BCUT2D eigenvalue weighted by Crippen LogP contribution is -2.15. The summed E-state index contributed by atoms with van der Waals surface area (Å²) in [5.41, 5.74) is 10.5. The molecular weight excluding hydrogens is 439 g/mol. The average Bonchev–Trinajstić information content (AvgIpc) is 3.38. The highest BCUT2D eigenvalue weighted by molar-refractivity contribution is 7.14. The van der Waals surface area contributed by atoms with E-state index < -0.39 is 11.7 Å². The number of nitrogens with zero attached hydrogens (tertiary/aromatic N) is 3. The number of anilines is 4. The van der Waals surface area contributed by atoms with Crippen LogP contribution in [0.25, 0.3) is 17.0 Å². The third kappa shape index (κ3) is 4.01. The number of fused-ring (bicyclic) bond motifs is 1. The van der Waals surface area contributed by atoms with Crippen molar-refractivity contribution in [1.29, 1.82) is 0 Å². The predicted octanol–water partition coefficient (Wildman–Crippen LogP) is 5.48. The monoisotopic (exact) mass is 458 g/mol. The van der Waals surface area contributed by atoms with Gasteiger partial charge in [0.1, 0.15) is 17.2 Å². The van der Waals surface area contributed by atoms with Gasteiger partial charge in [-0.2, -0.15) is 0 Å². The van der Waals surface area contributed by atoms with Crippen LogP contribution in [0.1, 0.15) is 16.1 Å². The molecule has 1 amide bonds. The molecule has 0 saturated heterocycles. The summed E-state index contributed by atoms with van der Waals surface area (Å²) in [6.07, 6.45) is 1.94. The zero-order chi connectivity index (χ0) is 22.9. The minimum Gasteiger partial charge on any atom is -0.397 e. The second kappa shape index (κ2) is 8.36. The van der Waals surface area contributed by atoms with Crippen LogP contribution < -0.4 is 16.4 Å². The lowest BCUT2D eigenvalue weighted by molar-refractivity contribution is 0.102. The number of carbonyl (C=O) groups excluding carboxylic acids is 1. The summed E-state index contributed by atoms with van der Waals surface area (Å²) >= 11 is 1.40. The molecule has 4 N–H and O–H groups in total. The van der Waals surface area contributed by atoms with Crippen molar-refractivity contribution in [3.63, 3.8) is 0 Å². The minimum absolute atomic E-state index is 0.0787. The normalized spacial score (nSPS) is 11.0. The molecule has 0 atom stereocenters. The number of aryl methyl sites for hydroxylation is 1. The number of hydrogen-bond donors (Lipinski definition) is 3. The van der Waals surface area contributed by atoms with Crippen molar-refractivity contribution in [2.24, 2.45) is 0 Å². The molecule has 2 aromatic carbocycles. The molecule has 0 bridgehead atoms. The highest BCUT2D eigenvalue weighted by atomic mass is 32.1. The van der Waals surface area contributed by atoms with E-state index >= 15 is 0 Å². The van der Waals surface area contributed by atoms with Gasteiger partial charge in [-0.05, 0) is 49.4 Å². The Kier molecular flexibility index (Phi) is 5.23. The first kappa shape index (κ1) is 20.7. The Labute approximate surface area is 192 Å². The highest BCUT2D eigenvalue weighted by Crippen LogP contribution is 2.30. The van der Waals surface area contributed by atoms with Crippen LogP contribution in [0.4, 0.5) is 26.6 Å². The summed E-state index contributed by atoms with van der Waals surface area (Å²) in [5, 5.41) is 8.26. The van der Waals surface area contributed by atoms with E-state index in [1.54, 1.807) is 30.3 Å². The number of nitrogens with one attached hydrogen (secondary N) is 2. The van der Waals surface area contributed by atoms with Gasteiger partial charge in [0, 0.05) is 17.3 Å². The van der Waals surface area contributed by atoms with Crippen LogP contribution in [0.2, 0.25) is 0 Å². The summed E-state index contributed by atoms with van der Waals surface area (Å²) < 4.78 is 16.7. The van der Waals surface area contributed by atoms with Crippen molar-refractivity contribution in [3.8, 4) is 11.4 Å². The van der Waals surface area contributed by atoms with Crippen molar-refractivity contribution in [2.45, 2.75) is 6.92 Å². The maximum atomic E-state index is 14.7. The lowest BCUT2D eigenvalue weighted by atomic mass is 10.1. The van der Waals surface area contributed by atoms with Crippen molar-refractivity contribution in [2.75, 3.05) is 16.4 Å². The molecule has 33 heavy (non-hydrogen) atoms. The molecule has 164 valence electrons. The first-order valence-electron chi connectivity index (χ1n) is 10.1. The number of rotatable bonds is 5. The standard InChI is InChI=1S/C24H19FN6OS/c1-14-22(31-11-5-4-8-21(31)27-14)20-13-33-24(30-20)28-15-9-10-16(17(25)12-15)23(32)29-19-7-3-2-6-18(19)26/h2-13H,26H2,1H3,(H,28,30)(H,29,32). The molecule has 7 nitrogen and oxygen atoms in total. The van der Waals surface area contributed by atoms with Crippen molar-refractivity contribution >= 4 is 45.1 Å². The number of hydrogen-bond acceptors (Lipinski definition) is 6. The number of imidazole rings is 1. The quantitative estimate of drug-likeness (QED) is 0.303. The fraction of sp³-hybridized carbons (Fsp3) is 0.0417. The van der Waals surface area contributed by atoms with Crippen molar-refractivity contribution < 1.29 is 9.18 Å². The van der Waals surface area contributed by atoms with E-state index in [0.717, 1.165) is 22.7 Å². The summed E-state index contributed by atoms with van der Waals surface area (Å²) in [4.78, 5) is 21.7. The topological polar surface area (TPSA) is 97.3 Å². The summed E-state index contributed by atoms with van der Waals surface area (Å²) in [5.74, 6) is -1.22. The summed E-state index contributed by atoms with van der Waals surface area (Å²) in [7, 11) is 0. The van der Waals surface area contributed by atoms with E-state index in [4.69, 9.17) is 5.73 Å². The van der Waals surface area contributed by atoms with E-state index in [9.17, 15) is 9.18 Å². The van der Waals surface area contributed by atoms with Crippen molar-refractivity contribution in [3.05, 3.63) is 89.3 Å². The third-order valence-electron chi connectivity index (χ3n) is 5.13. The lowest BCUT2D eigenvalue weighted by Gasteiger charge is -2.10. The number of thiazole rings is 1. The first-order chi connectivity index (χ1) is 16.0. The van der Waals surface area contributed by atoms with E-state index in [0.29, 0.717) is 22.2 Å². The fourth-order valence-electron chi connectivity index (χ4n) is 3.56. The van der Waals surface area contributed by atoms with Gasteiger partial charge in [0.25, 0.3) is 5.91 Å². The fourth-order valence-corrected chi connectivity index (χ4v) is 4.28. The molecule has 0 saturated carbocycles. The number of pyridine rings is 1. The van der Waals surface area contributed by atoms with Crippen LogP contribution in [-0.2, 0) is 0 Å². The zero-order valence-electron chi connectivity index (χ0n) is 17.5. The van der Waals surface area contributed by atoms with E-state index in [-0.39, 0.29) is 5.56 Å². The molecule has 3 aromatic heterocycles. The summed E-state index contributed by atoms with van der Waals surface area (Å²) in [6.45, 7) is 1.94. The Morgan fingerprint density at radius 1 is 1.09 bits per heavy atom. The van der Waals surface area contributed by atoms with Gasteiger partial charge in [0.2, 0.25) is 0 Å². The van der Waals surface area contributed by atoms with Gasteiger partial charge >= 0.3 is 0 Å². The van der Waals surface area contributed by atoms with Crippen molar-refractivity contribution in [1.82, 2.24) is 14.4 Å². The molecule has 0 spiro atoms. The van der Waals surface area contributed by atoms with Gasteiger partial charge in [-0.1, -0.05) is 18.2 Å². The molecule has 0 aliphatic heterocycles. The zero-order valence-corrected chi connectivity index (χ0v) is 18.4. The number of amides is 1. The van der Waals surface area contributed by atoms with Crippen LogP contribution in [0.3, 0.4) is 0 Å². The minimum atomic E-state index is -0.651. The molecular formula is C24H19FN6OS. The third-order valence-corrected chi connectivity index (χ3v) is 5.88. The van der Waals surface area contributed by atoms with Gasteiger partial charge in [-0.3, -0.25) is 9.20 Å². The van der Waals surface area contributed by atoms with E-state index in [1.165, 1.54) is 23.5 Å². The second-order valence-corrected chi connectivity index (χ2v) is 8.23. The predicted molar refractivity (Wildman–Crippen MR) is 130 cm³/mol. The summed E-state index contributed by atoms with van der Waals surface area (Å²) in [6, 6.07) is 17.0. The van der Waals surface area contributed by atoms with Gasteiger partial charge in [-0.15, -0.1) is 11.3 Å². The highest BCUT2D eigenvalue weighted by Gasteiger charge is 2.16. The molecule has 0 aliphatic rings. The SMILES string of the molecule is Cc1nc2ccccn2c1-c1csc(Nc2ccc(C(=O)Nc3ccccc3N)c(F)c2)n1. The molecule has 9 heteroatoms. The van der Waals surface area contributed by atoms with Gasteiger partial charge in [-0.25, -0.2) is 14.4 Å². The number of aromatic nitrogens is 3. The van der Waals surface area contributed by atoms with Crippen LogP contribution in [0.5, 0.6) is 0 Å². The van der Waals surface area contributed by atoms with E-state index in [2.05, 4.69) is 20.6 Å². The Morgan fingerprint density at radius 3 is 2.73 bits per heavy atom. The van der Waals surface area contributed by atoms with Crippen LogP contribution in [-0.4, -0.2) is 20.3 Å². The Hall–Kier alpha value is -4.24. The molecule has 0 fully saturated rings. The van der Waals surface area contributed by atoms with Gasteiger partial charge < -0.3 is 16.4 Å². The Balaban J connectivity index is 1.35. The van der Waals surface area contributed by atoms with Gasteiger partial charge in [0.15, 0.2) is 5.13 Å². The number of carbonyl (C=O) groups is 1. The second-order valence-electron chi connectivity index (χ2n) is 7.37. The maximum absolute atomic E-state index is 14.7. The maximum Gasteiger partial charge on any atom is 0.258 e. The Morgan fingerprint density at radius 2 is 1.91 bits per heavy atom. The molecule has 0 aliphatic carbocycles. The molecule has 0 unspecified atom stereocenters. The number of halogens is 1. The molecule has 5 rings (SSSR count). The molecule has 3 heterocycles. The first-order valence-corrected chi connectivity index (χ1v) is 11.0. The number of benzene rings is 2. The molecule has 0 radical (unpaired) electrons.